The van der Waals surface area contributed by atoms with Crippen LogP contribution >= 0.6 is 0 Å². The molecule has 33 heavy (non-hydrogen) atoms. The molecule has 0 amide bonds. The maximum absolute atomic E-state index is 13.6. The van der Waals surface area contributed by atoms with Crippen molar-refractivity contribution in [2.24, 2.45) is 0 Å². The minimum atomic E-state index is -7.84. The molecule has 0 atom stereocenters. The Morgan fingerprint density at radius 3 is 1.27 bits per heavy atom. The van der Waals surface area contributed by atoms with Crippen LogP contribution in [0.15, 0.2) is 0 Å². The highest BCUT2D eigenvalue weighted by Crippen LogP contribution is 2.60. The third kappa shape index (κ3) is 7.51. The largest absolute Gasteiger partial charge is 0.460 e. The molecule has 0 unspecified atom stereocenters. The Morgan fingerprint density at radius 1 is 0.455 bits per heavy atom. The minimum absolute atomic E-state index is 0.00379. The molecule has 0 aromatic rings. The van der Waals surface area contributed by atoms with Crippen molar-refractivity contribution in [3.8, 4) is 0 Å². The van der Waals surface area contributed by atoms with Crippen molar-refractivity contribution in [2.45, 2.75) is 107 Å². The molecule has 0 aromatic heterocycles. The van der Waals surface area contributed by atoms with Crippen LogP contribution in [0.25, 0.3) is 0 Å². The van der Waals surface area contributed by atoms with E-state index in [1.54, 1.807) is 0 Å². The lowest BCUT2D eigenvalue weighted by Gasteiger charge is -2.39. The summed E-state index contributed by atoms with van der Waals surface area (Å²) in [7, 11) is 0. The van der Waals surface area contributed by atoms with Crippen molar-refractivity contribution >= 4 is 0 Å². The SMILES string of the molecule is CCCCCCCCCCCNCCC(F)(F)C(F)(F)C(F)(F)C(F)(F)C(F)(F)C(F)(F)F. The number of alkyl halides is 13. The van der Waals surface area contributed by atoms with E-state index in [9.17, 15) is 57.1 Å². The predicted octanol–water partition coefficient (Wildman–Crippen LogP) is 8.24. The zero-order valence-electron chi connectivity index (χ0n) is 17.9. The van der Waals surface area contributed by atoms with Gasteiger partial charge in [-0.15, -0.1) is 0 Å². The minimum Gasteiger partial charge on any atom is -0.317 e. The number of nitrogens with one attached hydrogen (secondary N) is 1. The van der Waals surface area contributed by atoms with E-state index in [4.69, 9.17) is 0 Å². The van der Waals surface area contributed by atoms with Gasteiger partial charge in [0, 0.05) is 13.0 Å². The van der Waals surface area contributed by atoms with Crippen LogP contribution in [0.3, 0.4) is 0 Å². The molecule has 0 aliphatic carbocycles. The molecule has 0 rings (SSSR count). The number of halogens is 13. The van der Waals surface area contributed by atoms with E-state index in [2.05, 4.69) is 12.2 Å². The molecule has 200 valence electrons. The quantitative estimate of drug-likeness (QED) is 0.151. The standard InChI is InChI=1S/C19H28F13N/c1-2-3-4-5-6-7-8-9-10-12-33-13-11-14(20,21)15(22,23)16(24,25)17(26,27)18(28,29)19(30,31)32/h33H,2-13H2,1H3. The van der Waals surface area contributed by atoms with Gasteiger partial charge >= 0.3 is 35.8 Å². The second-order valence-corrected chi connectivity index (χ2v) is 7.83. The van der Waals surface area contributed by atoms with Gasteiger partial charge in [-0.3, -0.25) is 0 Å². The van der Waals surface area contributed by atoms with E-state index in [0.717, 1.165) is 44.9 Å². The molecule has 14 heteroatoms. The van der Waals surface area contributed by atoms with Crippen LogP contribution in [0, 0.1) is 0 Å². The first kappa shape index (κ1) is 32.0. The van der Waals surface area contributed by atoms with Crippen LogP contribution in [-0.2, 0) is 0 Å². The molecule has 0 radical (unpaired) electrons. The lowest BCUT2D eigenvalue weighted by atomic mass is 9.92. The van der Waals surface area contributed by atoms with Crippen molar-refractivity contribution < 1.29 is 57.1 Å². The first-order valence-electron chi connectivity index (χ1n) is 10.5. The van der Waals surface area contributed by atoms with E-state index >= 15 is 0 Å². The normalized spacial score (nSPS) is 14.7. The zero-order chi connectivity index (χ0) is 26.2. The van der Waals surface area contributed by atoms with Gasteiger partial charge in [-0.05, 0) is 13.0 Å². The van der Waals surface area contributed by atoms with Crippen molar-refractivity contribution in [1.29, 1.82) is 0 Å². The molecule has 0 aliphatic heterocycles. The topological polar surface area (TPSA) is 12.0 Å². The predicted molar refractivity (Wildman–Crippen MR) is 95.5 cm³/mol. The van der Waals surface area contributed by atoms with Crippen LogP contribution in [0.5, 0.6) is 0 Å². The van der Waals surface area contributed by atoms with Crippen molar-refractivity contribution in [2.75, 3.05) is 13.1 Å². The average molecular weight is 517 g/mol. The first-order chi connectivity index (χ1) is 14.8. The molecule has 0 saturated heterocycles. The monoisotopic (exact) mass is 517 g/mol. The molecule has 0 saturated carbocycles. The van der Waals surface area contributed by atoms with Crippen molar-refractivity contribution in [3.63, 3.8) is 0 Å². The fraction of sp³-hybridized carbons (Fsp3) is 1.00. The summed E-state index contributed by atoms with van der Waals surface area (Å²) in [5.74, 6) is -36.4. The van der Waals surface area contributed by atoms with Gasteiger partial charge in [0.15, 0.2) is 0 Å². The van der Waals surface area contributed by atoms with Crippen LogP contribution in [0.1, 0.15) is 71.1 Å². The summed E-state index contributed by atoms with van der Waals surface area (Å²) in [4.78, 5) is 0. The van der Waals surface area contributed by atoms with Gasteiger partial charge in [-0.1, -0.05) is 58.3 Å². The molecule has 0 fully saturated rings. The summed E-state index contributed by atoms with van der Waals surface area (Å²) in [5, 5.41) is 2.20. The van der Waals surface area contributed by atoms with E-state index in [1.165, 1.54) is 0 Å². The van der Waals surface area contributed by atoms with Gasteiger partial charge in [0.2, 0.25) is 0 Å². The number of rotatable bonds is 17. The average Bonchev–Trinajstić information content (AvgIpc) is 2.67. The smallest absolute Gasteiger partial charge is 0.317 e. The lowest BCUT2D eigenvalue weighted by Crippen LogP contribution is -2.70. The number of unbranched alkanes of at least 4 members (excludes halogenated alkanes) is 8. The molecular formula is C19H28F13N. The van der Waals surface area contributed by atoms with Gasteiger partial charge < -0.3 is 5.32 Å². The highest BCUT2D eigenvalue weighted by atomic mass is 19.4. The maximum atomic E-state index is 13.6. The fourth-order valence-corrected chi connectivity index (χ4v) is 2.89. The number of hydrogen-bond acceptors (Lipinski definition) is 1. The van der Waals surface area contributed by atoms with Crippen molar-refractivity contribution in [1.82, 2.24) is 5.32 Å². The van der Waals surface area contributed by atoms with Crippen LogP contribution in [0.4, 0.5) is 57.1 Å². The summed E-state index contributed by atoms with van der Waals surface area (Å²) in [6.07, 6.45) is -1.42. The summed E-state index contributed by atoms with van der Waals surface area (Å²) in [6, 6.07) is 0. The highest BCUT2D eigenvalue weighted by molar-refractivity contribution is 5.10. The molecule has 0 spiro atoms. The van der Waals surface area contributed by atoms with E-state index in [0.29, 0.717) is 12.8 Å². The first-order valence-corrected chi connectivity index (χ1v) is 10.5. The Bertz CT molecular complexity index is 558. The van der Waals surface area contributed by atoms with E-state index in [1.807, 2.05) is 0 Å². The Hall–Kier alpha value is -0.950. The second kappa shape index (κ2) is 12.1. The van der Waals surface area contributed by atoms with Gasteiger partial charge in [0.25, 0.3) is 0 Å². The van der Waals surface area contributed by atoms with Crippen molar-refractivity contribution in [3.05, 3.63) is 0 Å². The maximum Gasteiger partial charge on any atom is 0.460 e. The zero-order valence-corrected chi connectivity index (χ0v) is 17.9. The summed E-state index contributed by atoms with van der Waals surface area (Å²) >= 11 is 0. The molecule has 1 nitrogen and oxygen atoms in total. The molecule has 0 heterocycles. The molecule has 0 bridgehead atoms. The molecule has 1 N–H and O–H groups in total. The summed E-state index contributed by atoms with van der Waals surface area (Å²) < 4.78 is 169. The third-order valence-corrected chi connectivity index (χ3v) is 5.07. The molecule has 0 aliphatic rings. The fourth-order valence-electron chi connectivity index (χ4n) is 2.89. The van der Waals surface area contributed by atoms with Gasteiger partial charge in [0.05, 0.1) is 0 Å². The second-order valence-electron chi connectivity index (χ2n) is 7.83. The summed E-state index contributed by atoms with van der Waals surface area (Å²) in [6.45, 7) is 0.977. The Kier molecular flexibility index (Phi) is 11.8. The van der Waals surface area contributed by atoms with Crippen LogP contribution in [-0.4, -0.2) is 48.9 Å². The van der Waals surface area contributed by atoms with E-state index in [-0.39, 0.29) is 6.54 Å². The Balaban J connectivity index is 4.73. The van der Waals surface area contributed by atoms with Gasteiger partial charge in [-0.2, -0.15) is 57.1 Å². The highest BCUT2D eigenvalue weighted by Gasteiger charge is 2.90. The summed E-state index contributed by atoms with van der Waals surface area (Å²) in [5.41, 5.74) is 0. The lowest BCUT2D eigenvalue weighted by molar-refractivity contribution is -0.440. The third-order valence-electron chi connectivity index (χ3n) is 5.07. The van der Waals surface area contributed by atoms with Crippen LogP contribution in [0.2, 0.25) is 0 Å². The van der Waals surface area contributed by atoms with Gasteiger partial charge in [0.1, 0.15) is 0 Å². The number of hydrogen-bond donors (Lipinski definition) is 1. The van der Waals surface area contributed by atoms with Crippen LogP contribution < -0.4 is 5.32 Å². The molecular weight excluding hydrogens is 489 g/mol. The van der Waals surface area contributed by atoms with E-state index < -0.39 is 48.8 Å². The Morgan fingerprint density at radius 2 is 0.848 bits per heavy atom. The van der Waals surface area contributed by atoms with Gasteiger partial charge in [-0.25, -0.2) is 0 Å². The Labute approximate surface area is 183 Å². The molecule has 0 aromatic carbocycles.